The van der Waals surface area contributed by atoms with Crippen LogP contribution in [0.5, 0.6) is 0 Å². The summed E-state index contributed by atoms with van der Waals surface area (Å²) in [7, 11) is 0. The predicted octanol–water partition coefficient (Wildman–Crippen LogP) is -3.44. The van der Waals surface area contributed by atoms with Crippen LogP contribution in [0, 0.1) is 0 Å². The maximum Gasteiger partial charge on any atom is 0.119 e. The van der Waals surface area contributed by atoms with E-state index in [2.05, 4.69) is 0 Å². The van der Waals surface area contributed by atoms with Gasteiger partial charge in [0.1, 0.15) is 23.9 Å². The van der Waals surface area contributed by atoms with E-state index in [1.165, 1.54) is 0 Å². The zero-order valence-corrected chi connectivity index (χ0v) is 6.91. The number of aliphatic hydroxyl groups is 6. The lowest BCUT2D eigenvalue weighted by atomic mass is 9.78. The van der Waals surface area contributed by atoms with E-state index < -0.39 is 36.6 Å². The second-order valence-corrected chi connectivity index (χ2v) is 3.46. The minimum absolute atomic E-state index is 0.372. The van der Waals surface area contributed by atoms with Gasteiger partial charge < -0.3 is 30.6 Å². The average Bonchev–Trinajstić information content (AvgIpc) is 2.12. The number of rotatable bonds is 1. The lowest BCUT2D eigenvalue weighted by Gasteiger charge is -2.43. The van der Waals surface area contributed by atoms with Crippen molar-refractivity contribution in [2.24, 2.45) is 0 Å². The molecule has 0 heterocycles. The molecule has 6 N–H and O–H groups in total. The van der Waals surface area contributed by atoms with Gasteiger partial charge in [-0.05, 0) is 0 Å². The highest BCUT2D eigenvalue weighted by atomic mass is 16.4. The Labute approximate surface area is 74.7 Å². The lowest BCUT2D eigenvalue weighted by Crippen LogP contribution is -2.64. The van der Waals surface area contributed by atoms with E-state index in [4.69, 9.17) is 20.4 Å². The molecule has 0 amide bonds. The first-order valence-electron chi connectivity index (χ1n) is 3.98. The largest absolute Gasteiger partial charge is 0.393 e. The highest BCUT2D eigenvalue weighted by Crippen LogP contribution is 2.29. The molecule has 0 saturated heterocycles. The molecule has 1 fully saturated rings. The van der Waals surface area contributed by atoms with Crippen molar-refractivity contribution in [2.45, 2.75) is 36.4 Å². The summed E-state index contributed by atoms with van der Waals surface area (Å²) in [5, 5.41) is 54.8. The van der Waals surface area contributed by atoms with Gasteiger partial charge in [0.2, 0.25) is 0 Å². The summed E-state index contributed by atoms with van der Waals surface area (Å²) in [6.45, 7) is -0.783. The van der Waals surface area contributed by atoms with Crippen molar-refractivity contribution in [1.29, 1.82) is 0 Å². The van der Waals surface area contributed by atoms with Gasteiger partial charge in [-0.2, -0.15) is 0 Å². The smallest absolute Gasteiger partial charge is 0.119 e. The fourth-order valence-corrected chi connectivity index (χ4v) is 1.49. The zero-order valence-electron chi connectivity index (χ0n) is 6.91. The van der Waals surface area contributed by atoms with Gasteiger partial charge in [0.05, 0.1) is 12.7 Å². The van der Waals surface area contributed by atoms with Crippen molar-refractivity contribution in [3.05, 3.63) is 0 Å². The van der Waals surface area contributed by atoms with Gasteiger partial charge in [-0.3, -0.25) is 0 Å². The first-order valence-corrected chi connectivity index (χ1v) is 3.98. The molecule has 0 aromatic heterocycles. The van der Waals surface area contributed by atoms with Crippen LogP contribution in [0.4, 0.5) is 0 Å². The molecule has 0 radical (unpaired) electrons. The van der Waals surface area contributed by atoms with Gasteiger partial charge in [0.15, 0.2) is 0 Å². The topological polar surface area (TPSA) is 121 Å². The molecule has 78 valence electrons. The molecule has 6 heteroatoms. The van der Waals surface area contributed by atoms with Crippen molar-refractivity contribution in [1.82, 2.24) is 0 Å². The van der Waals surface area contributed by atoms with Gasteiger partial charge in [0, 0.05) is 6.42 Å². The Morgan fingerprint density at radius 1 is 1.08 bits per heavy atom. The SMILES string of the molecule is OC[C@@]1(O)C[C@@H](O)[C@H](O)[C@H](O)[C@@H]1O. The first kappa shape index (κ1) is 10.8. The monoisotopic (exact) mass is 194 g/mol. The Morgan fingerprint density at radius 3 is 2.08 bits per heavy atom. The van der Waals surface area contributed by atoms with Crippen LogP contribution in [-0.4, -0.2) is 67.3 Å². The summed E-state index contributed by atoms with van der Waals surface area (Å²) in [5.41, 5.74) is -1.95. The maximum atomic E-state index is 9.48. The van der Waals surface area contributed by atoms with E-state index in [0.29, 0.717) is 0 Å². The first-order chi connectivity index (χ1) is 5.92. The molecule has 1 aliphatic carbocycles. The van der Waals surface area contributed by atoms with Crippen LogP contribution in [0.2, 0.25) is 0 Å². The Hall–Kier alpha value is -0.240. The fraction of sp³-hybridized carbons (Fsp3) is 1.00. The summed E-state index contributed by atoms with van der Waals surface area (Å²) in [6.07, 6.45) is -6.53. The van der Waals surface area contributed by atoms with Gasteiger partial charge >= 0.3 is 0 Å². The summed E-state index contributed by atoms with van der Waals surface area (Å²) in [5.74, 6) is 0. The molecule has 0 aliphatic heterocycles. The summed E-state index contributed by atoms with van der Waals surface area (Å²) < 4.78 is 0. The number of hydrogen-bond acceptors (Lipinski definition) is 6. The molecular weight excluding hydrogens is 180 g/mol. The summed E-state index contributed by atoms with van der Waals surface area (Å²) in [6, 6.07) is 0. The van der Waals surface area contributed by atoms with E-state index in [1.807, 2.05) is 0 Å². The molecule has 0 spiro atoms. The molecular formula is C7H14O6. The van der Waals surface area contributed by atoms with Crippen LogP contribution in [0.3, 0.4) is 0 Å². The van der Waals surface area contributed by atoms with Gasteiger partial charge in [-0.15, -0.1) is 0 Å². The molecule has 13 heavy (non-hydrogen) atoms. The minimum atomic E-state index is -1.95. The van der Waals surface area contributed by atoms with Crippen LogP contribution in [0.15, 0.2) is 0 Å². The maximum absolute atomic E-state index is 9.48. The molecule has 0 aromatic rings. The molecule has 5 atom stereocenters. The molecule has 1 aliphatic rings. The Balaban J connectivity index is 2.82. The van der Waals surface area contributed by atoms with E-state index in [9.17, 15) is 10.2 Å². The van der Waals surface area contributed by atoms with Gasteiger partial charge in [-0.1, -0.05) is 0 Å². The number of hydrogen-bond donors (Lipinski definition) is 6. The third-order valence-electron chi connectivity index (χ3n) is 2.45. The van der Waals surface area contributed by atoms with Crippen LogP contribution in [0.25, 0.3) is 0 Å². The second kappa shape index (κ2) is 3.49. The zero-order chi connectivity index (χ0) is 10.2. The second-order valence-electron chi connectivity index (χ2n) is 3.46. The molecule has 1 rings (SSSR count). The Morgan fingerprint density at radius 2 is 1.62 bits per heavy atom. The third kappa shape index (κ3) is 1.69. The van der Waals surface area contributed by atoms with Crippen molar-refractivity contribution < 1.29 is 30.6 Å². The van der Waals surface area contributed by atoms with Crippen molar-refractivity contribution >= 4 is 0 Å². The summed E-state index contributed by atoms with van der Waals surface area (Å²) >= 11 is 0. The van der Waals surface area contributed by atoms with Crippen LogP contribution in [-0.2, 0) is 0 Å². The van der Waals surface area contributed by atoms with Crippen LogP contribution >= 0.6 is 0 Å². The Kier molecular flexibility index (Phi) is 2.91. The highest BCUT2D eigenvalue weighted by molar-refractivity contribution is 5.01. The minimum Gasteiger partial charge on any atom is -0.393 e. The quantitative estimate of drug-likeness (QED) is 0.258. The molecule has 1 saturated carbocycles. The average molecular weight is 194 g/mol. The molecule has 0 unspecified atom stereocenters. The van der Waals surface area contributed by atoms with E-state index in [1.54, 1.807) is 0 Å². The van der Waals surface area contributed by atoms with E-state index in [0.717, 1.165) is 0 Å². The van der Waals surface area contributed by atoms with E-state index in [-0.39, 0.29) is 6.42 Å². The predicted molar refractivity (Wildman–Crippen MR) is 40.7 cm³/mol. The normalized spacial score (nSPS) is 52.2. The molecule has 6 nitrogen and oxygen atoms in total. The standard InChI is InChI=1S/C7H14O6/c8-2-7(13)1-3(9)4(10)5(11)6(7)12/h3-6,8-13H,1-2H2/t3-,4+,5+,6+,7+/m1/s1. The summed E-state index contributed by atoms with van der Waals surface area (Å²) in [4.78, 5) is 0. The van der Waals surface area contributed by atoms with Gasteiger partial charge in [-0.25, -0.2) is 0 Å². The Bertz CT molecular complexity index is 186. The number of aliphatic hydroxyl groups excluding tert-OH is 5. The fourth-order valence-electron chi connectivity index (χ4n) is 1.49. The van der Waals surface area contributed by atoms with Crippen LogP contribution in [0.1, 0.15) is 6.42 Å². The molecule has 0 aromatic carbocycles. The van der Waals surface area contributed by atoms with Crippen molar-refractivity contribution in [3.63, 3.8) is 0 Å². The van der Waals surface area contributed by atoms with Crippen molar-refractivity contribution in [2.75, 3.05) is 6.61 Å². The third-order valence-corrected chi connectivity index (χ3v) is 2.45. The van der Waals surface area contributed by atoms with Crippen LogP contribution < -0.4 is 0 Å². The van der Waals surface area contributed by atoms with Crippen molar-refractivity contribution in [3.8, 4) is 0 Å². The highest BCUT2D eigenvalue weighted by Gasteiger charge is 2.50. The van der Waals surface area contributed by atoms with Gasteiger partial charge in [0.25, 0.3) is 0 Å². The molecule has 0 bridgehead atoms. The lowest BCUT2D eigenvalue weighted by molar-refractivity contribution is -0.228. The van der Waals surface area contributed by atoms with E-state index >= 15 is 0 Å².